The van der Waals surface area contributed by atoms with E-state index < -0.39 is 0 Å². The number of ether oxygens (including phenoxy) is 1. The number of rotatable bonds is 0. The predicted molar refractivity (Wildman–Crippen MR) is 63.9 cm³/mol. The van der Waals surface area contributed by atoms with Gasteiger partial charge in [0.1, 0.15) is 0 Å². The summed E-state index contributed by atoms with van der Waals surface area (Å²) >= 11 is 9.53. The second-order valence-corrected chi connectivity index (χ2v) is 5.24. The molecular weight excluding hydrogens is 207 g/mol. The molecule has 0 spiro atoms. The number of alkyl halides is 2. The molecule has 0 saturated carbocycles. The van der Waals surface area contributed by atoms with Crippen LogP contribution < -0.4 is 0 Å². The molecule has 0 unspecified atom stereocenters. The smallest absolute Gasteiger partial charge is 0.0967 e. The van der Waals surface area contributed by atoms with E-state index in [4.69, 9.17) is 27.9 Å². The Balaban J connectivity index is -0.000000220. The van der Waals surface area contributed by atoms with Crippen LogP contribution in [0.25, 0.3) is 0 Å². The molecule has 0 aliphatic carbocycles. The van der Waals surface area contributed by atoms with Crippen molar-refractivity contribution in [3.05, 3.63) is 0 Å². The van der Waals surface area contributed by atoms with Gasteiger partial charge in [0.2, 0.25) is 0 Å². The lowest BCUT2D eigenvalue weighted by Gasteiger charge is -2.30. The van der Waals surface area contributed by atoms with Gasteiger partial charge in [0, 0.05) is 0 Å². The summed E-state index contributed by atoms with van der Waals surface area (Å²) in [6.45, 7) is 12.4. The fraction of sp³-hybridized carbons (Fsp3) is 1.00. The number of halogens is 2. The summed E-state index contributed by atoms with van der Waals surface area (Å²) < 4.78 is 5.62. The van der Waals surface area contributed by atoms with E-state index in [-0.39, 0.29) is 24.0 Å². The summed E-state index contributed by atoms with van der Waals surface area (Å²) in [4.78, 5) is 0. The van der Waals surface area contributed by atoms with Crippen molar-refractivity contribution >= 4 is 23.2 Å². The van der Waals surface area contributed by atoms with Crippen LogP contribution in [-0.4, -0.2) is 16.5 Å². The standard InChI is InChI=1S/C8H18O.CH2Cl2.CH4/c1-7(2,3)9-8(4,5)6;2-1-3;/h1-6H3;1H2;1H4. The quantitative estimate of drug-likeness (QED) is 0.551. The minimum Gasteiger partial charge on any atom is -0.370 e. The molecule has 0 aromatic heterocycles. The molecule has 84 valence electrons. The van der Waals surface area contributed by atoms with Crippen molar-refractivity contribution in [2.45, 2.75) is 60.2 Å². The second-order valence-electron chi connectivity index (χ2n) is 4.43. The van der Waals surface area contributed by atoms with Crippen molar-refractivity contribution in [2.75, 3.05) is 5.34 Å². The minimum atomic E-state index is -0.0156. The molecular formula is C10H24Cl2O. The van der Waals surface area contributed by atoms with Gasteiger partial charge in [0.15, 0.2) is 0 Å². The van der Waals surface area contributed by atoms with Crippen LogP contribution in [0.3, 0.4) is 0 Å². The Kier molecular flexibility index (Phi) is 11.6. The van der Waals surface area contributed by atoms with Crippen molar-refractivity contribution in [3.63, 3.8) is 0 Å². The molecule has 1 nitrogen and oxygen atoms in total. The van der Waals surface area contributed by atoms with E-state index in [0.29, 0.717) is 0 Å². The predicted octanol–water partition coefficient (Wildman–Crippen LogP) is 4.66. The van der Waals surface area contributed by atoms with Crippen LogP contribution in [0.4, 0.5) is 0 Å². The Labute approximate surface area is 93.8 Å². The number of hydrogen-bond acceptors (Lipinski definition) is 1. The third kappa shape index (κ3) is 32.6. The lowest BCUT2D eigenvalue weighted by atomic mass is 10.1. The first-order chi connectivity index (χ1) is 5.12. The first-order valence-corrected chi connectivity index (χ1v) is 5.01. The Morgan fingerprint density at radius 1 is 0.846 bits per heavy atom. The maximum Gasteiger partial charge on any atom is 0.0967 e. The third-order valence-corrected chi connectivity index (χ3v) is 0.612. The van der Waals surface area contributed by atoms with Crippen LogP contribution in [0.2, 0.25) is 0 Å². The van der Waals surface area contributed by atoms with E-state index in [9.17, 15) is 0 Å². The van der Waals surface area contributed by atoms with E-state index in [1.165, 1.54) is 0 Å². The summed E-state index contributed by atoms with van der Waals surface area (Å²) in [5.41, 5.74) is -0.0312. The largest absolute Gasteiger partial charge is 0.370 e. The molecule has 0 radical (unpaired) electrons. The third-order valence-electron chi connectivity index (χ3n) is 0.612. The first kappa shape index (κ1) is 19.2. The summed E-state index contributed by atoms with van der Waals surface area (Å²) in [6, 6.07) is 0. The van der Waals surface area contributed by atoms with Crippen molar-refractivity contribution in [2.24, 2.45) is 0 Å². The van der Waals surface area contributed by atoms with Crippen LogP contribution >= 0.6 is 23.2 Å². The molecule has 0 atom stereocenters. The van der Waals surface area contributed by atoms with E-state index in [2.05, 4.69) is 41.5 Å². The van der Waals surface area contributed by atoms with Crippen LogP contribution in [0, 0.1) is 0 Å². The van der Waals surface area contributed by atoms with Gasteiger partial charge < -0.3 is 4.74 Å². The molecule has 0 aromatic carbocycles. The maximum atomic E-state index is 5.62. The SMILES string of the molecule is C.CC(C)(C)OC(C)(C)C.ClCCl. The zero-order chi connectivity index (χ0) is 10.4. The van der Waals surface area contributed by atoms with Gasteiger partial charge in [0.25, 0.3) is 0 Å². The second kappa shape index (κ2) is 7.90. The van der Waals surface area contributed by atoms with Gasteiger partial charge in [-0.1, -0.05) is 7.43 Å². The van der Waals surface area contributed by atoms with E-state index >= 15 is 0 Å². The van der Waals surface area contributed by atoms with E-state index in [1.54, 1.807) is 0 Å². The van der Waals surface area contributed by atoms with Crippen LogP contribution in [0.5, 0.6) is 0 Å². The van der Waals surface area contributed by atoms with Crippen molar-refractivity contribution in [1.29, 1.82) is 0 Å². The molecule has 0 N–H and O–H groups in total. The monoisotopic (exact) mass is 230 g/mol. The lowest BCUT2D eigenvalue weighted by molar-refractivity contribution is -0.102. The van der Waals surface area contributed by atoms with Gasteiger partial charge in [-0.3, -0.25) is 0 Å². The first-order valence-electron chi connectivity index (χ1n) is 3.94. The molecule has 0 saturated heterocycles. The normalized spacial score (nSPS) is 11.1. The average molecular weight is 231 g/mol. The highest BCUT2D eigenvalue weighted by molar-refractivity contribution is 6.40. The van der Waals surface area contributed by atoms with E-state index in [0.717, 1.165) is 0 Å². The fourth-order valence-corrected chi connectivity index (χ4v) is 0.919. The van der Waals surface area contributed by atoms with Gasteiger partial charge in [-0.15, -0.1) is 23.2 Å². The molecule has 0 rings (SSSR count). The van der Waals surface area contributed by atoms with Crippen molar-refractivity contribution in [3.8, 4) is 0 Å². The van der Waals surface area contributed by atoms with Gasteiger partial charge in [-0.2, -0.15) is 0 Å². The molecule has 0 heterocycles. The van der Waals surface area contributed by atoms with Gasteiger partial charge in [0.05, 0.1) is 16.5 Å². The molecule has 0 aliphatic heterocycles. The van der Waals surface area contributed by atoms with Gasteiger partial charge in [-0.25, -0.2) is 0 Å². The minimum absolute atomic E-state index is 0. The Morgan fingerprint density at radius 3 is 1.00 bits per heavy atom. The molecule has 0 fully saturated rings. The lowest BCUT2D eigenvalue weighted by Crippen LogP contribution is -2.31. The molecule has 0 aromatic rings. The van der Waals surface area contributed by atoms with Crippen LogP contribution in [0.15, 0.2) is 0 Å². The van der Waals surface area contributed by atoms with E-state index in [1.807, 2.05) is 0 Å². The summed E-state index contributed by atoms with van der Waals surface area (Å²) in [5.74, 6) is 0. The Morgan fingerprint density at radius 2 is 1.00 bits per heavy atom. The average Bonchev–Trinajstić information content (AvgIpc) is 1.53. The Hall–Kier alpha value is 0.540. The Bertz CT molecular complexity index is 88.5. The van der Waals surface area contributed by atoms with Crippen LogP contribution in [0.1, 0.15) is 49.0 Å². The van der Waals surface area contributed by atoms with Crippen molar-refractivity contribution < 1.29 is 4.74 Å². The van der Waals surface area contributed by atoms with Gasteiger partial charge >= 0.3 is 0 Å². The zero-order valence-electron chi connectivity index (χ0n) is 8.87. The summed E-state index contributed by atoms with van der Waals surface area (Å²) in [7, 11) is 0. The molecule has 0 aliphatic rings. The topological polar surface area (TPSA) is 9.23 Å². The highest BCUT2D eigenvalue weighted by atomic mass is 35.5. The highest BCUT2D eigenvalue weighted by Gasteiger charge is 2.19. The summed E-state index contributed by atoms with van der Waals surface area (Å²) in [5, 5.41) is 0.194. The zero-order valence-corrected chi connectivity index (χ0v) is 10.4. The molecule has 0 amide bonds. The van der Waals surface area contributed by atoms with Crippen molar-refractivity contribution in [1.82, 2.24) is 0 Å². The molecule has 13 heavy (non-hydrogen) atoms. The number of hydrogen-bond donors (Lipinski definition) is 0. The van der Waals surface area contributed by atoms with Gasteiger partial charge in [-0.05, 0) is 41.5 Å². The molecule has 3 heteroatoms. The fourth-order valence-electron chi connectivity index (χ4n) is 0.919. The molecule has 0 bridgehead atoms. The van der Waals surface area contributed by atoms with Crippen LogP contribution in [-0.2, 0) is 4.74 Å². The summed E-state index contributed by atoms with van der Waals surface area (Å²) in [6.07, 6.45) is 0. The highest BCUT2D eigenvalue weighted by Crippen LogP contribution is 2.17. The maximum absolute atomic E-state index is 5.62.